The van der Waals surface area contributed by atoms with Crippen molar-refractivity contribution >= 4 is 12.4 Å². The smallest absolute Gasteiger partial charge is 0.290 e. The summed E-state index contributed by atoms with van der Waals surface area (Å²) in [5.74, 6) is -2.59. The Morgan fingerprint density at radius 1 is 1.24 bits per heavy atom. The third-order valence-electron chi connectivity index (χ3n) is 6.86. The number of methoxy groups -OCH3 is 1. The van der Waals surface area contributed by atoms with E-state index in [1.807, 2.05) is 30.3 Å². The zero-order chi connectivity index (χ0) is 24.7. The quantitative estimate of drug-likeness (QED) is 0.553. The lowest BCUT2D eigenvalue weighted by Gasteiger charge is -2.48. The molecule has 33 heavy (non-hydrogen) atoms. The van der Waals surface area contributed by atoms with Gasteiger partial charge in [-0.25, -0.2) is 8.78 Å². The molecule has 2 fully saturated rings. The number of nitrogens with one attached hydrogen (secondary N) is 1. The molecule has 1 saturated heterocycles. The minimum Gasteiger partial charge on any atom is -0.483 e. The number of aliphatic hydroxyl groups is 1. The van der Waals surface area contributed by atoms with Gasteiger partial charge in [-0.3, -0.25) is 9.59 Å². The van der Waals surface area contributed by atoms with Crippen LogP contribution in [-0.4, -0.2) is 71.9 Å². The van der Waals surface area contributed by atoms with Gasteiger partial charge in [0.1, 0.15) is 5.60 Å². The molecule has 0 radical (unpaired) electrons. The van der Waals surface area contributed by atoms with E-state index >= 15 is 0 Å². The molecular weight excluding hydrogens is 434 g/mol. The summed E-state index contributed by atoms with van der Waals surface area (Å²) in [4.78, 5) is 23.4. The highest BCUT2D eigenvalue weighted by atomic mass is 19.3. The molecule has 0 bridgehead atoms. The lowest BCUT2D eigenvalue weighted by molar-refractivity contribution is -0.145. The summed E-state index contributed by atoms with van der Waals surface area (Å²) in [7, 11) is 1.49. The van der Waals surface area contributed by atoms with Gasteiger partial charge in [0.2, 0.25) is 5.92 Å². The first-order valence-corrected chi connectivity index (χ1v) is 11.3. The van der Waals surface area contributed by atoms with Crippen molar-refractivity contribution in [3.8, 4) is 0 Å². The topological polar surface area (TPSA) is 99.1 Å². The SMILES string of the molecule is COC(C)(C)C(=O)N[C@@]1(c2ccccc2)CCN(CC2CCC(F)(F)CC2)C[C@H]1O.O=CO. The second kappa shape index (κ2) is 11.4. The summed E-state index contributed by atoms with van der Waals surface area (Å²) in [5, 5.41) is 21.2. The van der Waals surface area contributed by atoms with E-state index in [2.05, 4.69) is 10.2 Å². The number of halogens is 2. The van der Waals surface area contributed by atoms with Gasteiger partial charge >= 0.3 is 0 Å². The predicted molar refractivity (Wildman–Crippen MR) is 120 cm³/mol. The Morgan fingerprint density at radius 2 is 1.82 bits per heavy atom. The molecule has 1 heterocycles. The maximum Gasteiger partial charge on any atom is 0.290 e. The number of hydrogen-bond acceptors (Lipinski definition) is 5. The number of β-amino-alcohol motifs (C(OH)–C–C–N with tert-alkyl or cyclic N) is 1. The van der Waals surface area contributed by atoms with Crippen molar-refractivity contribution in [2.45, 2.75) is 69.1 Å². The molecule has 3 N–H and O–H groups in total. The van der Waals surface area contributed by atoms with Gasteiger partial charge in [0.05, 0.1) is 11.6 Å². The number of hydrogen-bond donors (Lipinski definition) is 3. The number of benzene rings is 1. The maximum absolute atomic E-state index is 13.5. The molecule has 186 valence electrons. The van der Waals surface area contributed by atoms with Crippen molar-refractivity contribution in [1.29, 1.82) is 0 Å². The van der Waals surface area contributed by atoms with Crippen LogP contribution in [0.25, 0.3) is 0 Å². The summed E-state index contributed by atoms with van der Waals surface area (Å²) in [5.41, 5.74) is -1.08. The average molecular weight is 471 g/mol. The summed E-state index contributed by atoms with van der Waals surface area (Å²) in [6.07, 6.45) is 0.640. The van der Waals surface area contributed by atoms with Gasteiger partial charge in [0, 0.05) is 39.6 Å². The Labute approximate surface area is 194 Å². The van der Waals surface area contributed by atoms with E-state index in [1.54, 1.807) is 13.8 Å². The molecule has 0 aromatic heterocycles. The number of carbonyl (C=O) groups excluding carboxylic acids is 1. The summed E-state index contributed by atoms with van der Waals surface area (Å²) in [6.45, 7) is 4.90. The van der Waals surface area contributed by atoms with Crippen LogP contribution in [0.4, 0.5) is 8.78 Å². The Kier molecular flexibility index (Phi) is 9.34. The predicted octanol–water partition coefficient (Wildman–Crippen LogP) is 3.02. The molecule has 1 saturated carbocycles. The molecule has 9 heteroatoms. The van der Waals surface area contributed by atoms with Gasteiger partial charge < -0.3 is 25.2 Å². The molecule has 1 aliphatic heterocycles. The lowest BCUT2D eigenvalue weighted by Crippen LogP contribution is -2.64. The second-order valence-electron chi connectivity index (χ2n) is 9.44. The van der Waals surface area contributed by atoms with Crippen LogP contribution in [0.5, 0.6) is 0 Å². The Balaban J connectivity index is 0.00000122. The average Bonchev–Trinajstić information content (AvgIpc) is 2.78. The van der Waals surface area contributed by atoms with Gasteiger partial charge in [-0.05, 0) is 44.6 Å². The second-order valence-corrected chi connectivity index (χ2v) is 9.44. The third kappa shape index (κ3) is 6.94. The number of likely N-dealkylation sites (tertiary alicyclic amines) is 1. The fourth-order valence-electron chi connectivity index (χ4n) is 4.54. The van der Waals surface area contributed by atoms with E-state index in [0.29, 0.717) is 38.9 Å². The van der Waals surface area contributed by atoms with Crippen molar-refractivity contribution in [1.82, 2.24) is 10.2 Å². The summed E-state index contributed by atoms with van der Waals surface area (Å²) < 4.78 is 32.2. The Bertz CT molecular complexity index is 767. The number of carboxylic acid groups (broad SMARTS) is 1. The molecule has 2 atom stereocenters. The highest BCUT2D eigenvalue weighted by molar-refractivity contribution is 5.85. The summed E-state index contributed by atoms with van der Waals surface area (Å²) >= 11 is 0. The van der Waals surface area contributed by atoms with Gasteiger partial charge in [0.25, 0.3) is 12.4 Å². The molecule has 1 aromatic rings. The number of ether oxygens (including phenoxy) is 1. The van der Waals surface area contributed by atoms with Crippen LogP contribution in [0.3, 0.4) is 0 Å². The third-order valence-corrected chi connectivity index (χ3v) is 6.86. The highest BCUT2D eigenvalue weighted by Crippen LogP contribution is 2.38. The zero-order valence-corrected chi connectivity index (χ0v) is 19.6. The van der Waals surface area contributed by atoms with Crippen molar-refractivity contribution in [3.05, 3.63) is 35.9 Å². The number of aliphatic hydroxyl groups excluding tert-OH is 1. The van der Waals surface area contributed by atoms with Crippen molar-refractivity contribution < 1.29 is 33.3 Å². The molecule has 0 spiro atoms. The molecule has 1 aromatic carbocycles. The van der Waals surface area contributed by atoms with E-state index in [4.69, 9.17) is 14.6 Å². The normalized spacial score (nSPS) is 26.1. The minimum atomic E-state index is -2.53. The Hall–Kier alpha value is -2.10. The monoisotopic (exact) mass is 470 g/mol. The van der Waals surface area contributed by atoms with Gasteiger partial charge in [-0.15, -0.1) is 0 Å². The van der Waals surface area contributed by atoms with Crippen molar-refractivity contribution in [2.75, 3.05) is 26.7 Å². The molecule has 7 nitrogen and oxygen atoms in total. The number of carbonyl (C=O) groups is 2. The van der Waals surface area contributed by atoms with Crippen LogP contribution in [0.15, 0.2) is 30.3 Å². The molecule has 1 amide bonds. The number of amides is 1. The van der Waals surface area contributed by atoms with Crippen LogP contribution >= 0.6 is 0 Å². The number of piperidine rings is 1. The van der Waals surface area contributed by atoms with Crippen LogP contribution in [0, 0.1) is 5.92 Å². The van der Waals surface area contributed by atoms with Crippen LogP contribution in [-0.2, 0) is 19.9 Å². The fraction of sp³-hybridized carbons (Fsp3) is 0.667. The molecule has 1 aliphatic carbocycles. The van der Waals surface area contributed by atoms with E-state index in [0.717, 1.165) is 5.56 Å². The van der Waals surface area contributed by atoms with Gasteiger partial charge in [0.15, 0.2) is 0 Å². The minimum absolute atomic E-state index is 0.0514. The largest absolute Gasteiger partial charge is 0.483 e. The first-order chi connectivity index (χ1) is 15.5. The zero-order valence-electron chi connectivity index (χ0n) is 19.6. The number of alkyl halides is 2. The van der Waals surface area contributed by atoms with Crippen LogP contribution in [0.1, 0.15) is 51.5 Å². The first kappa shape index (κ1) is 27.1. The molecule has 3 rings (SSSR count). The van der Waals surface area contributed by atoms with E-state index in [1.165, 1.54) is 7.11 Å². The standard InChI is InChI=1S/C23H34F2N2O3.CH2O2/c1-21(2,30-3)20(29)26-23(18-7-5-4-6-8-18)13-14-27(16-19(23)28)15-17-9-11-22(24,25)12-10-17;2-1-3/h4-8,17,19,28H,9-16H2,1-3H3,(H,26,29);1H,(H,2,3)/t19-,23-;/m1./s1. The van der Waals surface area contributed by atoms with Crippen LogP contribution in [0.2, 0.25) is 0 Å². The maximum atomic E-state index is 13.5. The van der Waals surface area contributed by atoms with Gasteiger partial charge in [-0.1, -0.05) is 30.3 Å². The lowest BCUT2D eigenvalue weighted by atomic mass is 9.77. The van der Waals surface area contributed by atoms with Crippen LogP contribution < -0.4 is 5.32 Å². The van der Waals surface area contributed by atoms with Gasteiger partial charge in [-0.2, -0.15) is 0 Å². The van der Waals surface area contributed by atoms with E-state index in [-0.39, 0.29) is 31.1 Å². The molecule has 2 aliphatic rings. The molecule has 0 unspecified atom stereocenters. The fourth-order valence-corrected chi connectivity index (χ4v) is 4.54. The van der Waals surface area contributed by atoms with Crippen molar-refractivity contribution in [3.63, 3.8) is 0 Å². The first-order valence-electron chi connectivity index (χ1n) is 11.3. The van der Waals surface area contributed by atoms with E-state index in [9.17, 15) is 18.7 Å². The number of rotatable bonds is 6. The highest BCUT2D eigenvalue weighted by Gasteiger charge is 2.47. The van der Waals surface area contributed by atoms with Crippen molar-refractivity contribution in [2.24, 2.45) is 5.92 Å². The molecular formula is C24H36F2N2O5. The Morgan fingerprint density at radius 3 is 2.33 bits per heavy atom. The van der Waals surface area contributed by atoms with E-state index < -0.39 is 23.2 Å². The number of nitrogens with zero attached hydrogens (tertiary/aromatic N) is 1. The summed E-state index contributed by atoms with van der Waals surface area (Å²) in [6, 6.07) is 9.53.